The summed E-state index contributed by atoms with van der Waals surface area (Å²) >= 11 is 0. The quantitative estimate of drug-likeness (QED) is 0.557. The van der Waals surface area contributed by atoms with E-state index >= 15 is 0 Å². The lowest BCUT2D eigenvalue weighted by Gasteiger charge is -2.12. The summed E-state index contributed by atoms with van der Waals surface area (Å²) in [5, 5.41) is 12.2. The van der Waals surface area contributed by atoms with Crippen LogP contribution in [0, 0.1) is 5.82 Å². The van der Waals surface area contributed by atoms with Crippen LogP contribution in [-0.2, 0) is 18.4 Å². The van der Waals surface area contributed by atoms with E-state index in [4.69, 9.17) is 0 Å². The number of carbonyl (C=O) groups is 1. The summed E-state index contributed by atoms with van der Waals surface area (Å²) in [6.07, 6.45) is 4.30. The minimum Gasteiger partial charge on any atom is -0.360 e. The minimum absolute atomic E-state index is 0.00731. The molecule has 1 aromatic carbocycles. The number of para-hydroxylation sites is 1. The summed E-state index contributed by atoms with van der Waals surface area (Å²) in [6, 6.07) is 7.64. The number of benzene rings is 1. The van der Waals surface area contributed by atoms with Gasteiger partial charge in [0.2, 0.25) is 5.91 Å². The lowest BCUT2D eigenvalue weighted by atomic mass is 10.2. The van der Waals surface area contributed by atoms with Gasteiger partial charge >= 0.3 is 0 Å². The number of carbonyl (C=O) groups excluding carboxylic acids is 1. The molecular weight excluding hydrogens is 375 g/mol. The molecule has 29 heavy (non-hydrogen) atoms. The Bertz CT molecular complexity index is 1200. The molecule has 1 amide bonds. The van der Waals surface area contributed by atoms with Gasteiger partial charge in [-0.2, -0.15) is 10.2 Å². The maximum atomic E-state index is 13.8. The van der Waals surface area contributed by atoms with E-state index in [2.05, 4.69) is 25.5 Å². The number of aryl methyl sites for hydroxylation is 1. The number of halogens is 1. The first-order valence-corrected chi connectivity index (χ1v) is 8.86. The monoisotopic (exact) mass is 394 g/mol. The number of hydrogen-bond donors (Lipinski definition) is 1. The zero-order chi connectivity index (χ0) is 20.5. The zero-order valence-electron chi connectivity index (χ0n) is 16.2. The number of fused-ring (bicyclic) bond motifs is 1. The molecule has 9 nitrogen and oxygen atoms in total. The van der Waals surface area contributed by atoms with Crippen molar-refractivity contribution in [3.05, 3.63) is 48.7 Å². The molecule has 3 heterocycles. The molecule has 4 rings (SSSR count). The average Bonchev–Trinajstić information content (AvgIpc) is 3.27. The second-order valence-corrected chi connectivity index (χ2v) is 6.72. The molecule has 0 saturated carbocycles. The van der Waals surface area contributed by atoms with E-state index in [-0.39, 0.29) is 18.3 Å². The topological polar surface area (TPSA) is 93.8 Å². The van der Waals surface area contributed by atoms with Gasteiger partial charge in [0.15, 0.2) is 23.3 Å². The van der Waals surface area contributed by atoms with Crippen molar-refractivity contribution < 1.29 is 9.18 Å². The first-order chi connectivity index (χ1) is 13.9. The molecule has 1 N–H and O–H groups in total. The van der Waals surface area contributed by atoms with Crippen molar-refractivity contribution in [2.45, 2.75) is 6.54 Å². The van der Waals surface area contributed by atoms with Gasteiger partial charge in [-0.05, 0) is 12.1 Å². The molecule has 0 radical (unpaired) electrons. The Balaban J connectivity index is 1.50. The van der Waals surface area contributed by atoms with Gasteiger partial charge in [-0.15, -0.1) is 0 Å². The Hall–Kier alpha value is -3.82. The Morgan fingerprint density at radius 1 is 1.24 bits per heavy atom. The Morgan fingerprint density at radius 2 is 2.03 bits per heavy atom. The van der Waals surface area contributed by atoms with Gasteiger partial charge < -0.3 is 10.2 Å². The molecule has 0 fully saturated rings. The van der Waals surface area contributed by atoms with Crippen LogP contribution in [0.25, 0.3) is 22.3 Å². The number of amides is 1. The Kier molecular flexibility index (Phi) is 4.67. The second-order valence-electron chi connectivity index (χ2n) is 6.72. The van der Waals surface area contributed by atoms with Crippen LogP contribution in [0.15, 0.2) is 42.9 Å². The third-order valence-corrected chi connectivity index (χ3v) is 4.36. The summed E-state index contributed by atoms with van der Waals surface area (Å²) in [5.74, 6) is 0.239. The van der Waals surface area contributed by atoms with E-state index in [1.807, 2.05) is 31.3 Å². The summed E-state index contributed by atoms with van der Waals surface area (Å²) < 4.78 is 17.0. The lowest BCUT2D eigenvalue weighted by molar-refractivity contribution is -0.116. The summed E-state index contributed by atoms with van der Waals surface area (Å²) in [7, 11) is 5.22. The van der Waals surface area contributed by atoms with Gasteiger partial charge in [-0.25, -0.2) is 14.4 Å². The maximum absolute atomic E-state index is 13.8. The Labute approximate surface area is 165 Å². The second kappa shape index (κ2) is 7.30. The SMILES string of the molecule is CN(C)c1nc(-c2cnn(CC(=O)Nc3nn(C)c4ccccc34)c2)ncc1F. The number of hydrogen-bond acceptors (Lipinski definition) is 6. The Morgan fingerprint density at radius 3 is 2.83 bits per heavy atom. The molecule has 3 aromatic heterocycles. The number of nitrogens with zero attached hydrogens (tertiary/aromatic N) is 7. The summed E-state index contributed by atoms with van der Waals surface area (Å²) in [5.41, 5.74) is 1.51. The van der Waals surface area contributed by atoms with Gasteiger partial charge in [0.1, 0.15) is 6.54 Å². The highest BCUT2D eigenvalue weighted by Crippen LogP contribution is 2.22. The number of rotatable bonds is 5. The highest BCUT2D eigenvalue weighted by Gasteiger charge is 2.14. The largest absolute Gasteiger partial charge is 0.360 e. The number of nitrogens with one attached hydrogen (secondary N) is 1. The molecule has 0 atom stereocenters. The molecule has 0 unspecified atom stereocenters. The van der Waals surface area contributed by atoms with E-state index in [0.717, 1.165) is 17.1 Å². The summed E-state index contributed by atoms with van der Waals surface area (Å²) in [6.45, 7) is -0.00731. The predicted octanol–water partition coefficient (Wildman–Crippen LogP) is 2.07. The van der Waals surface area contributed by atoms with E-state index in [0.29, 0.717) is 17.2 Å². The highest BCUT2D eigenvalue weighted by molar-refractivity contribution is 5.99. The van der Waals surface area contributed by atoms with Gasteiger partial charge in [0, 0.05) is 32.7 Å². The molecule has 0 bridgehead atoms. The van der Waals surface area contributed by atoms with E-state index in [1.54, 1.807) is 29.9 Å². The van der Waals surface area contributed by atoms with Crippen LogP contribution in [0.1, 0.15) is 0 Å². The van der Waals surface area contributed by atoms with Crippen molar-refractivity contribution in [3.63, 3.8) is 0 Å². The maximum Gasteiger partial charge on any atom is 0.247 e. The van der Waals surface area contributed by atoms with Crippen LogP contribution in [0.3, 0.4) is 0 Å². The van der Waals surface area contributed by atoms with Crippen molar-refractivity contribution in [1.29, 1.82) is 0 Å². The highest BCUT2D eigenvalue weighted by atomic mass is 19.1. The zero-order valence-corrected chi connectivity index (χ0v) is 16.2. The fraction of sp³-hybridized carbons (Fsp3) is 0.211. The van der Waals surface area contributed by atoms with Gasteiger partial charge in [-0.3, -0.25) is 14.2 Å². The molecule has 0 aliphatic carbocycles. The standard InChI is InChI=1S/C19H19FN8O/c1-26(2)19-14(20)9-21-17(24-19)12-8-22-28(10-12)11-16(29)23-18-13-6-4-5-7-15(13)27(3)25-18/h4-10H,11H2,1-3H3,(H,23,25,29). The van der Waals surface area contributed by atoms with Crippen LogP contribution in [0.4, 0.5) is 16.0 Å². The fourth-order valence-corrected chi connectivity index (χ4v) is 3.00. The van der Waals surface area contributed by atoms with Crippen molar-refractivity contribution >= 4 is 28.4 Å². The molecule has 148 valence electrons. The van der Waals surface area contributed by atoms with Crippen molar-refractivity contribution in [2.24, 2.45) is 7.05 Å². The molecular formula is C19H19FN8O. The molecule has 0 aliphatic heterocycles. The van der Waals surface area contributed by atoms with Crippen LogP contribution < -0.4 is 10.2 Å². The van der Waals surface area contributed by atoms with E-state index in [9.17, 15) is 9.18 Å². The normalized spacial score (nSPS) is 11.0. The van der Waals surface area contributed by atoms with Crippen LogP contribution >= 0.6 is 0 Å². The lowest BCUT2D eigenvalue weighted by Crippen LogP contribution is -2.19. The van der Waals surface area contributed by atoms with Gasteiger partial charge in [0.05, 0.1) is 23.5 Å². The predicted molar refractivity (Wildman–Crippen MR) is 107 cm³/mol. The summed E-state index contributed by atoms with van der Waals surface area (Å²) in [4.78, 5) is 22.2. The van der Waals surface area contributed by atoms with Gasteiger partial charge in [-0.1, -0.05) is 12.1 Å². The van der Waals surface area contributed by atoms with Crippen molar-refractivity contribution in [3.8, 4) is 11.4 Å². The van der Waals surface area contributed by atoms with E-state index in [1.165, 1.54) is 10.9 Å². The van der Waals surface area contributed by atoms with Crippen LogP contribution in [0.5, 0.6) is 0 Å². The molecule has 0 aliphatic rings. The molecule has 0 spiro atoms. The molecule has 10 heteroatoms. The van der Waals surface area contributed by atoms with Crippen molar-refractivity contribution in [2.75, 3.05) is 24.3 Å². The first-order valence-electron chi connectivity index (χ1n) is 8.86. The van der Waals surface area contributed by atoms with E-state index < -0.39 is 5.82 Å². The van der Waals surface area contributed by atoms with Crippen LogP contribution in [0.2, 0.25) is 0 Å². The minimum atomic E-state index is -0.506. The van der Waals surface area contributed by atoms with Crippen molar-refractivity contribution in [1.82, 2.24) is 29.5 Å². The molecule has 0 saturated heterocycles. The fourth-order valence-electron chi connectivity index (χ4n) is 3.00. The number of aromatic nitrogens is 6. The third kappa shape index (κ3) is 3.64. The van der Waals surface area contributed by atoms with Gasteiger partial charge in [0.25, 0.3) is 0 Å². The first kappa shape index (κ1) is 18.5. The van der Waals surface area contributed by atoms with Crippen LogP contribution in [-0.4, -0.2) is 49.5 Å². The smallest absolute Gasteiger partial charge is 0.247 e. The third-order valence-electron chi connectivity index (χ3n) is 4.36. The number of anilines is 2. The molecule has 4 aromatic rings. The average molecular weight is 394 g/mol.